The molecule has 0 bridgehead atoms. The van der Waals surface area contributed by atoms with Gasteiger partial charge in [0.1, 0.15) is 11.4 Å². The number of halogens is 3. The molecule has 0 aromatic carbocycles. The van der Waals surface area contributed by atoms with Gasteiger partial charge in [-0.15, -0.1) is 0 Å². The number of ether oxygens (including phenoxy) is 1. The molecule has 0 amide bonds. The Bertz CT molecular complexity index is 387. The van der Waals surface area contributed by atoms with Crippen molar-refractivity contribution in [3.05, 3.63) is 29.1 Å². The Labute approximate surface area is 83.9 Å². The molecule has 3 nitrogen and oxygen atoms in total. The van der Waals surface area contributed by atoms with E-state index in [-0.39, 0.29) is 5.69 Å². The second-order valence-electron chi connectivity index (χ2n) is 2.90. The molecule has 0 unspecified atom stereocenters. The summed E-state index contributed by atoms with van der Waals surface area (Å²) < 4.78 is 41.2. The number of alkyl halides is 3. The fourth-order valence-electron chi connectivity index (χ4n) is 1.02. The van der Waals surface area contributed by atoms with Gasteiger partial charge in [-0.3, -0.25) is 0 Å². The van der Waals surface area contributed by atoms with Crippen molar-refractivity contribution in [2.45, 2.75) is 13.1 Å². The summed E-state index contributed by atoms with van der Waals surface area (Å²) in [5.41, 5.74) is -1.13. The summed E-state index contributed by atoms with van der Waals surface area (Å²) in [5.74, 6) is -0.885. The van der Waals surface area contributed by atoms with E-state index in [4.69, 9.17) is 0 Å². The maximum absolute atomic E-state index is 12.3. The molecule has 0 aliphatic carbocycles. The third kappa shape index (κ3) is 2.68. The molecule has 1 heterocycles. The molecule has 0 radical (unpaired) electrons. The maximum Gasteiger partial charge on any atom is 0.433 e. The maximum atomic E-state index is 12.3. The molecule has 1 rings (SSSR count). The van der Waals surface area contributed by atoms with Gasteiger partial charge in [0, 0.05) is 0 Å². The van der Waals surface area contributed by atoms with Gasteiger partial charge in [0.05, 0.1) is 7.11 Å². The lowest BCUT2D eigenvalue weighted by Crippen LogP contribution is -2.13. The number of hydrogen-bond donors (Lipinski definition) is 0. The Morgan fingerprint density at radius 1 is 1.40 bits per heavy atom. The first kappa shape index (κ1) is 11.5. The molecule has 82 valence electrons. The second kappa shape index (κ2) is 3.88. The molecule has 0 N–H and O–H groups in total. The molecule has 15 heavy (non-hydrogen) atoms. The average Bonchev–Trinajstić information content (AvgIpc) is 2.14. The lowest BCUT2D eigenvalue weighted by Gasteiger charge is -2.08. The van der Waals surface area contributed by atoms with Gasteiger partial charge < -0.3 is 4.74 Å². The van der Waals surface area contributed by atoms with Gasteiger partial charge in [0.2, 0.25) is 0 Å². The largest absolute Gasteiger partial charge is 0.464 e. The summed E-state index contributed by atoms with van der Waals surface area (Å²) >= 11 is 0. The van der Waals surface area contributed by atoms with Gasteiger partial charge >= 0.3 is 12.1 Å². The number of carbonyl (C=O) groups excluding carboxylic acids is 1. The van der Waals surface area contributed by atoms with E-state index in [0.717, 1.165) is 13.2 Å². The van der Waals surface area contributed by atoms with Crippen LogP contribution in [0.5, 0.6) is 0 Å². The number of carbonyl (C=O) groups is 1. The van der Waals surface area contributed by atoms with E-state index in [2.05, 4.69) is 9.72 Å². The molecule has 0 aliphatic rings. The number of nitrogens with zero attached hydrogens (tertiary/aromatic N) is 1. The van der Waals surface area contributed by atoms with Crippen molar-refractivity contribution in [1.82, 2.24) is 4.98 Å². The minimum absolute atomic E-state index is 0.303. The second-order valence-corrected chi connectivity index (χ2v) is 2.90. The molecule has 0 fully saturated rings. The SMILES string of the molecule is COC(=O)c1cc(C)cc(C(F)(F)F)n1. The summed E-state index contributed by atoms with van der Waals surface area (Å²) in [6.45, 7) is 1.45. The predicted molar refractivity (Wildman–Crippen MR) is 45.3 cm³/mol. The molecule has 6 heteroatoms. The van der Waals surface area contributed by atoms with Gasteiger partial charge in [-0.2, -0.15) is 13.2 Å². The minimum atomic E-state index is -4.56. The van der Waals surface area contributed by atoms with Gasteiger partial charge in [0.15, 0.2) is 0 Å². The molecule has 0 saturated carbocycles. The number of hydrogen-bond acceptors (Lipinski definition) is 3. The zero-order valence-electron chi connectivity index (χ0n) is 8.05. The number of rotatable bonds is 1. The molecule has 0 spiro atoms. The highest BCUT2D eigenvalue weighted by Crippen LogP contribution is 2.28. The number of aryl methyl sites for hydroxylation is 1. The summed E-state index contributed by atoms with van der Waals surface area (Å²) in [7, 11) is 1.08. The van der Waals surface area contributed by atoms with Crippen LogP contribution in [-0.2, 0) is 10.9 Å². The van der Waals surface area contributed by atoms with E-state index < -0.39 is 17.8 Å². The Balaban J connectivity index is 3.23. The third-order valence-corrected chi connectivity index (χ3v) is 1.65. The van der Waals surface area contributed by atoms with Crippen molar-refractivity contribution < 1.29 is 22.7 Å². The molecule has 1 aromatic rings. The minimum Gasteiger partial charge on any atom is -0.464 e. The zero-order chi connectivity index (χ0) is 11.6. The van der Waals surface area contributed by atoms with Crippen molar-refractivity contribution in [3.63, 3.8) is 0 Å². The standard InChI is InChI=1S/C9H8F3NO2/c1-5-3-6(8(14)15-2)13-7(4-5)9(10,11)12/h3-4H,1-2H3. The van der Waals surface area contributed by atoms with Crippen LogP contribution < -0.4 is 0 Å². The van der Waals surface area contributed by atoms with E-state index in [9.17, 15) is 18.0 Å². The van der Waals surface area contributed by atoms with Crippen molar-refractivity contribution in [1.29, 1.82) is 0 Å². The first-order valence-corrected chi connectivity index (χ1v) is 3.99. The first-order chi connectivity index (χ1) is 6.84. The van der Waals surface area contributed by atoms with Crippen LogP contribution in [0.15, 0.2) is 12.1 Å². The first-order valence-electron chi connectivity index (χ1n) is 3.99. The van der Waals surface area contributed by atoms with Gasteiger partial charge in [-0.25, -0.2) is 9.78 Å². The van der Waals surface area contributed by atoms with Crippen molar-refractivity contribution in [2.24, 2.45) is 0 Å². The monoisotopic (exact) mass is 219 g/mol. The van der Waals surface area contributed by atoms with Crippen molar-refractivity contribution in [2.75, 3.05) is 7.11 Å². The van der Waals surface area contributed by atoms with Gasteiger partial charge in [0.25, 0.3) is 0 Å². The molecule has 1 aromatic heterocycles. The van der Waals surface area contributed by atoms with E-state index in [1.807, 2.05) is 0 Å². The molecular weight excluding hydrogens is 211 g/mol. The van der Waals surface area contributed by atoms with Crippen LogP contribution in [0.3, 0.4) is 0 Å². The van der Waals surface area contributed by atoms with Gasteiger partial charge in [-0.05, 0) is 24.6 Å². The van der Waals surface area contributed by atoms with E-state index in [0.29, 0.717) is 5.56 Å². The van der Waals surface area contributed by atoms with E-state index in [1.165, 1.54) is 13.0 Å². The van der Waals surface area contributed by atoms with E-state index in [1.54, 1.807) is 0 Å². The van der Waals surface area contributed by atoms with Crippen LogP contribution in [-0.4, -0.2) is 18.1 Å². The predicted octanol–water partition coefficient (Wildman–Crippen LogP) is 2.20. The van der Waals surface area contributed by atoms with Crippen LogP contribution in [0, 0.1) is 6.92 Å². The van der Waals surface area contributed by atoms with Crippen LogP contribution in [0.1, 0.15) is 21.7 Å². The smallest absolute Gasteiger partial charge is 0.433 e. The van der Waals surface area contributed by atoms with Gasteiger partial charge in [-0.1, -0.05) is 0 Å². The molecule has 0 saturated heterocycles. The van der Waals surface area contributed by atoms with Crippen LogP contribution in [0.2, 0.25) is 0 Å². The zero-order valence-corrected chi connectivity index (χ0v) is 8.05. The topological polar surface area (TPSA) is 39.2 Å². The summed E-state index contributed by atoms with van der Waals surface area (Å²) in [5, 5.41) is 0. The Hall–Kier alpha value is -1.59. The number of methoxy groups -OCH3 is 1. The van der Waals surface area contributed by atoms with Crippen LogP contribution >= 0.6 is 0 Å². The summed E-state index contributed by atoms with van der Waals surface area (Å²) in [6.07, 6.45) is -4.56. The molecule has 0 aliphatic heterocycles. The number of pyridine rings is 1. The molecule has 0 atom stereocenters. The van der Waals surface area contributed by atoms with Crippen molar-refractivity contribution in [3.8, 4) is 0 Å². The Kier molecular flexibility index (Phi) is 2.97. The van der Waals surface area contributed by atoms with Crippen LogP contribution in [0.4, 0.5) is 13.2 Å². The lowest BCUT2D eigenvalue weighted by molar-refractivity contribution is -0.141. The summed E-state index contributed by atoms with van der Waals surface area (Å²) in [4.78, 5) is 14.2. The van der Waals surface area contributed by atoms with Crippen LogP contribution in [0.25, 0.3) is 0 Å². The summed E-state index contributed by atoms with van der Waals surface area (Å²) in [6, 6.07) is 2.10. The average molecular weight is 219 g/mol. The Morgan fingerprint density at radius 3 is 2.47 bits per heavy atom. The highest BCUT2D eigenvalue weighted by molar-refractivity contribution is 5.87. The quantitative estimate of drug-likeness (QED) is 0.679. The number of esters is 1. The van der Waals surface area contributed by atoms with E-state index >= 15 is 0 Å². The highest BCUT2D eigenvalue weighted by atomic mass is 19.4. The Morgan fingerprint density at radius 2 is 2.00 bits per heavy atom. The highest BCUT2D eigenvalue weighted by Gasteiger charge is 2.33. The lowest BCUT2D eigenvalue weighted by atomic mass is 10.2. The normalized spacial score (nSPS) is 11.3. The third-order valence-electron chi connectivity index (χ3n) is 1.65. The van der Waals surface area contributed by atoms with Crippen molar-refractivity contribution >= 4 is 5.97 Å². The molecular formula is C9H8F3NO2. The fourth-order valence-corrected chi connectivity index (χ4v) is 1.02. The number of aromatic nitrogens is 1. The fraction of sp³-hybridized carbons (Fsp3) is 0.333.